The second-order valence-electron chi connectivity index (χ2n) is 7.89. The average Bonchev–Trinajstić information content (AvgIpc) is 3.32. The standard InChI is InChI=1S/C27H23N5O2S/c1-18(26(33)29-22-8-7-19-5-3-4-6-21(19)17-22)35-27-31-30-25(20-13-15-28-16-14-20)32(27)23-9-11-24(34-2)12-10-23/h3-18H,1-2H3,(H,29,33). The van der Waals surface area contributed by atoms with Gasteiger partial charge in [-0.05, 0) is 66.2 Å². The maximum absolute atomic E-state index is 13.0. The molecule has 1 atom stereocenters. The molecule has 5 aromatic rings. The van der Waals surface area contributed by atoms with E-state index in [1.54, 1.807) is 19.5 Å². The lowest BCUT2D eigenvalue weighted by molar-refractivity contribution is -0.115. The highest BCUT2D eigenvalue weighted by atomic mass is 32.2. The summed E-state index contributed by atoms with van der Waals surface area (Å²) in [7, 11) is 1.63. The van der Waals surface area contributed by atoms with Crippen molar-refractivity contribution in [2.75, 3.05) is 12.4 Å². The molecule has 0 aliphatic heterocycles. The smallest absolute Gasteiger partial charge is 0.237 e. The Morgan fingerprint density at radius 3 is 2.43 bits per heavy atom. The first kappa shape index (κ1) is 22.6. The van der Waals surface area contributed by atoms with Crippen molar-refractivity contribution in [3.05, 3.63) is 91.3 Å². The largest absolute Gasteiger partial charge is 0.497 e. The molecule has 0 aliphatic carbocycles. The Labute approximate surface area is 207 Å². The summed E-state index contributed by atoms with van der Waals surface area (Å²) in [6.07, 6.45) is 3.43. The Bertz CT molecular complexity index is 1470. The van der Waals surface area contributed by atoms with E-state index in [0.29, 0.717) is 11.0 Å². The Morgan fingerprint density at radius 2 is 1.69 bits per heavy atom. The number of thioether (sulfide) groups is 1. The van der Waals surface area contributed by atoms with Gasteiger partial charge in [0.1, 0.15) is 5.75 Å². The molecule has 174 valence electrons. The Morgan fingerprint density at radius 1 is 0.943 bits per heavy atom. The molecule has 0 fully saturated rings. The van der Waals surface area contributed by atoms with Crippen molar-refractivity contribution in [3.8, 4) is 22.8 Å². The Hall–Kier alpha value is -4.17. The van der Waals surface area contributed by atoms with Crippen LogP contribution in [0.15, 0.2) is 96.4 Å². The summed E-state index contributed by atoms with van der Waals surface area (Å²) < 4.78 is 7.25. The Kier molecular flexibility index (Phi) is 6.45. The van der Waals surface area contributed by atoms with Gasteiger partial charge < -0.3 is 10.1 Å². The van der Waals surface area contributed by atoms with Crippen LogP contribution in [0.5, 0.6) is 5.75 Å². The molecule has 0 spiro atoms. The molecule has 2 heterocycles. The van der Waals surface area contributed by atoms with Crippen molar-refractivity contribution in [3.63, 3.8) is 0 Å². The number of benzene rings is 3. The molecule has 0 radical (unpaired) electrons. The maximum Gasteiger partial charge on any atom is 0.237 e. The second kappa shape index (κ2) is 9.99. The van der Waals surface area contributed by atoms with Crippen molar-refractivity contribution >= 4 is 34.1 Å². The van der Waals surface area contributed by atoms with Crippen LogP contribution in [0.2, 0.25) is 0 Å². The molecule has 0 saturated heterocycles. The summed E-state index contributed by atoms with van der Waals surface area (Å²) in [6, 6.07) is 25.4. The van der Waals surface area contributed by atoms with E-state index in [9.17, 15) is 4.79 Å². The monoisotopic (exact) mass is 481 g/mol. The third kappa shape index (κ3) is 4.88. The maximum atomic E-state index is 13.0. The van der Waals surface area contributed by atoms with Crippen LogP contribution in [-0.4, -0.2) is 38.0 Å². The lowest BCUT2D eigenvalue weighted by Crippen LogP contribution is -2.22. The summed E-state index contributed by atoms with van der Waals surface area (Å²) in [5.41, 5.74) is 2.51. The fraction of sp³-hybridized carbons (Fsp3) is 0.111. The normalized spacial score (nSPS) is 11.8. The number of pyridine rings is 1. The van der Waals surface area contributed by atoms with Crippen LogP contribution in [0, 0.1) is 0 Å². The van der Waals surface area contributed by atoms with Crippen LogP contribution in [-0.2, 0) is 4.79 Å². The summed E-state index contributed by atoms with van der Waals surface area (Å²) in [5.74, 6) is 1.31. The van der Waals surface area contributed by atoms with Gasteiger partial charge in [-0.3, -0.25) is 14.3 Å². The van der Waals surface area contributed by atoms with Crippen LogP contribution in [0.3, 0.4) is 0 Å². The molecule has 3 aromatic carbocycles. The number of aromatic nitrogens is 4. The van der Waals surface area contributed by atoms with Crippen LogP contribution >= 0.6 is 11.8 Å². The van der Waals surface area contributed by atoms with E-state index in [-0.39, 0.29) is 5.91 Å². The molecular formula is C27H23N5O2S. The molecule has 2 aromatic heterocycles. The SMILES string of the molecule is COc1ccc(-n2c(SC(C)C(=O)Nc3ccc4ccccc4c3)nnc2-c2ccncc2)cc1. The quantitative estimate of drug-likeness (QED) is 0.304. The number of nitrogens with one attached hydrogen (secondary N) is 1. The molecule has 1 unspecified atom stereocenters. The van der Waals surface area contributed by atoms with Crippen molar-refractivity contribution < 1.29 is 9.53 Å². The molecule has 0 aliphatic rings. The van der Waals surface area contributed by atoms with Crippen LogP contribution in [0.4, 0.5) is 5.69 Å². The molecule has 0 bridgehead atoms. The summed E-state index contributed by atoms with van der Waals surface area (Å²) in [5, 5.41) is 14.3. The van der Waals surface area contributed by atoms with Crippen LogP contribution < -0.4 is 10.1 Å². The average molecular weight is 482 g/mol. The second-order valence-corrected chi connectivity index (χ2v) is 9.19. The highest BCUT2D eigenvalue weighted by Gasteiger charge is 2.22. The molecule has 8 heteroatoms. The van der Waals surface area contributed by atoms with Gasteiger partial charge in [-0.25, -0.2) is 0 Å². The number of ether oxygens (including phenoxy) is 1. The van der Waals surface area contributed by atoms with Gasteiger partial charge in [-0.1, -0.05) is 42.1 Å². The minimum Gasteiger partial charge on any atom is -0.497 e. The van der Waals surface area contributed by atoms with Crippen molar-refractivity contribution in [2.24, 2.45) is 0 Å². The molecule has 0 saturated carbocycles. The zero-order valence-electron chi connectivity index (χ0n) is 19.3. The van der Waals surface area contributed by atoms with Crippen molar-refractivity contribution in [2.45, 2.75) is 17.3 Å². The number of amides is 1. The predicted molar refractivity (Wildman–Crippen MR) is 139 cm³/mol. The van der Waals surface area contributed by atoms with E-state index in [1.807, 2.05) is 90.4 Å². The van der Waals surface area contributed by atoms with Gasteiger partial charge in [0.2, 0.25) is 5.91 Å². The third-order valence-corrected chi connectivity index (χ3v) is 6.61. The summed E-state index contributed by atoms with van der Waals surface area (Å²) in [4.78, 5) is 17.1. The lowest BCUT2D eigenvalue weighted by atomic mass is 10.1. The highest BCUT2D eigenvalue weighted by molar-refractivity contribution is 8.00. The molecular weight excluding hydrogens is 458 g/mol. The topological polar surface area (TPSA) is 81.9 Å². The van der Waals surface area contributed by atoms with E-state index < -0.39 is 5.25 Å². The zero-order valence-corrected chi connectivity index (χ0v) is 20.1. The molecule has 5 rings (SSSR count). The first-order valence-corrected chi connectivity index (χ1v) is 12.0. The van der Waals surface area contributed by atoms with Gasteiger partial charge in [0.15, 0.2) is 11.0 Å². The number of carbonyl (C=O) groups is 1. The number of methoxy groups -OCH3 is 1. The summed E-state index contributed by atoms with van der Waals surface area (Å²) >= 11 is 1.35. The molecule has 1 amide bonds. The van der Waals surface area contributed by atoms with E-state index in [1.165, 1.54) is 11.8 Å². The van der Waals surface area contributed by atoms with Gasteiger partial charge >= 0.3 is 0 Å². The fourth-order valence-electron chi connectivity index (χ4n) is 3.72. The molecule has 35 heavy (non-hydrogen) atoms. The molecule has 7 nitrogen and oxygen atoms in total. The van der Waals surface area contributed by atoms with Gasteiger partial charge in [0.05, 0.1) is 12.4 Å². The Balaban J connectivity index is 1.42. The van der Waals surface area contributed by atoms with Crippen molar-refractivity contribution in [1.82, 2.24) is 19.7 Å². The third-order valence-electron chi connectivity index (χ3n) is 5.57. The number of hydrogen-bond acceptors (Lipinski definition) is 6. The van der Waals surface area contributed by atoms with Gasteiger partial charge in [-0.2, -0.15) is 0 Å². The van der Waals surface area contributed by atoms with Gasteiger partial charge in [0.25, 0.3) is 0 Å². The minimum atomic E-state index is -0.409. The first-order chi connectivity index (χ1) is 17.1. The van der Waals surface area contributed by atoms with Gasteiger partial charge in [-0.15, -0.1) is 10.2 Å². The number of carbonyl (C=O) groups excluding carboxylic acids is 1. The zero-order chi connectivity index (χ0) is 24.2. The number of fused-ring (bicyclic) bond motifs is 1. The van der Waals surface area contributed by atoms with Gasteiger partial charge in [0, 0.05) is 29.3 Å². The van der Waals surface area contributed by atoms with E-state index in [0.717, 1.165) is 33.5 Å². The number of nitrogens with zero attached hydrogens (tertiary/aromatic N) is 4. The van der Waals surface area contributed by atoms with Crippen molar-refractivity contribution in [1.29, 1.82) is 0 Å². The van der Waals surface area contributed by atoms with E-state index in [2.05, 4.69) is 20.5 Å². The van der Waals surface area contributed by atoms with E-state index in [4.69, 9.17) is 4.74 Å². The van der Waals surface area contributed by atoms with Crippen LogP contribution in [0.1, 0.15) is 6.92 Å². The van der Waals surface area contributed by atoms with E-state index >= 15 is 0 Å². The molecule has 1 N–H and O–H groups in total. The first-order valence-electron chi connectivity index (χ1n) is 11.1. The minimum absolute atomic E-state index is 0.111. The number of hydrogen-bond donors (Lipinski definition) is 1. The fourth-order valence-corrected chi connectivity index (χ4v) is 4.59. The number of anilines is 1. The highest BCUT2D eigenvalue weighted by Crippen LogP contribution is 2.31. The summed E-state index contributed by atoms with van der Waals surface area (Å²) in [6.45, 7) is 1.86. The lowest BCUT2D eigenvalue weighted by Gasteiger charge is -2.14. The predicted octanol–water partition coefficient (Wildman–Crippen LogP) is 5.61. The van der Waals surface area contributed by atoms with Crippen LogP contribution in [0.25, 0.3) is 27.8 Å². The number of rotatable bonds is 7.